The average Bonchev–Trinajstić information content (AvgIpc) is 3.31. The summed E-state index contributed by atoms with van der Waals surface area (Å²) in [6.45, 7) is 7.18. The van der Waals surface area contributed by atoms with Crippen molar-refractivity contribution in [3.05, 3.63) is 53.6 Å². The lowest BCUT2D eigenvalue weighted by Gasteiger charge is -2.31. The second-order valence-electron chi connectivity index (χ2n) is 9.04. The van der Waals surface area contributed by atoms with Crippen molar-refractivity contribution in [3.8, 4) is 17.2 Å². The van der Waals surface area contributed by atoms with Crippen LogP contribution >= 0.6 is 0 Å². The molecule has 182 valence electrons. The Bertz CT molecular complexity index is 1010. The predicted octanol–water partition coefficient (Wildman–Crippen LogP) is 4.51. The molecule has 2 aliphatic heterocycles. The van der Waals surface area contributed by atoms with Crippen molar-refractivity contribution in [3.63, 3.8) is 0 Å². The number of rotatable bonds is 8. The Labute approximate surface area is 202 Å². The van der Waals surface area contributed by atoms with Gasteiger partial charge in [0.05, 0.1) is 39.1 Å². The fourth-order valence-electron chi connectivity index (χ4n) is 4.63. The number of piperidine rings is 1. The van der Waals surface area contributed by atoms with Crippen molar-refractivity contribution in [1.29, 1.82) is 0 Å². The van der Waals surface area contributed by atoms with Crippen LogP contribution in [-0.2, 0) is 4.79 Å². The first-order valence-corrected chi connectivity index (χ1v) is 12.1. The maximum absolute atomic E-state index is 13.5. The second kappa shape index (κ2) is 10.9. The van der Waals surface area contributed by atoms with Crippen LogP contribution in [0.3, 0.4) is 0 Å². The van der Waals surface area contributed by atoms with Crippen LogP contribution in [0.15, 0.2) is 47.6 Å². The molecule has 0 N–H and O–H groups in total. The standard InChI is InChI=1S/C27H35N3O4/c1-5-34-22-9-6-20(7-10-22)24-17-23(21-8-11-25(32-3)26(16-21)33-4)28-30(24)27(31)18-29-14-12-19(2)13-15-29/h6-11,16,19,24H,5,12-15,17-18H2,1-4H3. The average molecular weight is 466 g/mol. The molecule has 0 aliphatic carbocycles. The highest BCUT2D eigenvalue weighted by atomic mass is 16.5. The zero-order valence-corrected chi connectivity index (χ0v) is 20.6. The third kappa shape index (κ3) is 5.36. The second-order valence-corrected chi connectivity index (χ2v) is 9.04. The van der Waals surface area contributed by atoms with Gasteiger partial charge in [0.1, 0.15) is 5.75 Å². The predicted molar refractivity (Wildman–Crippen MR) is 133 cm³/mol. The number of nitrogens with zero attached hydrogens (tertiary/aromatic N) is 3. The molecule has 0 radical (unpaired) electrons. The minimum atomic E-state index is -0.157. The third-order valence-corrected chi connectivity index (χ3v) is 6.69. The van der Waals surface area contributed by atoms with E-state index in [2.05, 4.69) is 11.8 Å². The lowest BCUT2D eigenvalue weighted by Crippen LogP contribution is -2.41. The van der Waals surface area contributed by atoms with Crippen molar-refractivity contribution in [2.24, 2.45) is 11.0 Å². The van der Waals surface area contributed by atoms with Gasteiger partial charge in [-0.3, -0.25) is 9.69 Å². The van der Waals surface area contributed by atoms with E-state index in [1.54, 1.807) is 19.2 Å². The van der Waals surface area contributed by atoms with E-state index < -0.39 is 0 Å². The monoisotopic (exact) mass is 465 g/mol. The number of benzene rings is 2. The van der Waals surface area contributed by atoms with Crippen molar-refractivity contribution < 1.29 is 19.0 Å². The van der Waals surface area contributed by atoms with Crippen molar-refractivity contribution in [2.75, 3.05) is 40.5 Å². The Morgan fingerprint density at radius 2 is 1.74 bits per heavy atom. The SMILES string of the molecule is CCOc1ccc(C2CC(c3ccc(OC)c(OC)c3)=NN2C(=O)CN2CCC(C)CC2)cc1. The number of hydrogen-bond acceptors (Lipinski definition) is 6. The van der Waals surface area contributed by atoms with Crippen LogP contribution in [-0.4, -0.2) is 62.0 Å². The van der Waals surface area contributed by atoms with E-state index in [9.17, 15) is 4.79 Å². The smallest absolute Gasteiger partial charge is 0.257 e. The molecule has 1 fully saturated rings. The van der Waals surface area contributed by atoms with E-state index in [-0.39, 0.29) is 11.9 Å². The van der Waals surface area contributed by atoms with Gasteiger partial charge < -0.3 is 14.2 Å². The largest absolute Gasteiger partial charge is 0.494 e. The first kappa shape index (κ1) is 24.1. The minimum Gasteiger partial charge on any atom is -0.494 e. The molecule has 7 heteroatoms. The molecule has 2 aromatic rings. The number of carbonyl (C=O) groups excluding carboxylic acids is 1. The van der Waals surface area contributed by atoms with E-state index >= 15 is 0 Å². The highest BCUT2D eigenvalue weighted by Crippen LogP contribution is 2.36. The van der Waals surface area contributed by atoms with Gasteiger partial charge in [0, 0.05) is 12.0 Å². The third-order valence-electron chi connectivity index (χ3n) is 6.69. The number of hydrogen-bond donors (Lipinski definition) is 0. The Balaban J connectivity index is 1.60. The first-order chi connectivity index (χ1) is 16.5. The summed E-state index contributed by atoms with van der Waals surface area (Å²) < 4.78 is 16.5. The number of methoxy groups -OCH3 is 2. The van der Waals surface area contributed by atoms with Crippen LogP contribution < -0.4 is 14.2 Å². The molecule has 0 bridgehead atoms. The van der Waals surface area contributed by atoms with Gasteiger partial charge in [0.2, 0.25) is 0 Å². The highest BCUT2D eigenvalue weighted by Gasteiger charge is 2.34. The summed E-state index contributed by atoms with van der Waals surface area (Å²) in [4.78, 5) is 15.7. The first-order valence-electron chi connectivity index (χ1n) is 12.1. The normalized spacial score (nSPS) is 19.1. The summed E-state index contributed by atoms with van der Waals surface area (Å²) >= 11 is 0. The molecule has 7 nitrogen and oxygen atoms in total. The molecule has 0 spiro atoms. The van der Waals surface area contributed by atoms with Crippen LogP contribution in [0.2, 0.25) is 0 Å². The van der Waals surface area contributed by atoms with Gasteiger partial charge in [-0.25, -0.2) is 5.01 Å². The fourth-order valence-corrected chi connectivity index (χ4v) is 4.63. The Morgan fingerprint density at radius 3 is 2.38 bits per heavy atom. The summed E-state index contributed by atoms with van der Waals surface area (Å²) in [5.74, 6) is 2.90. The molecule has 1 unspecified atom stereocenters. The summed E-state index contributed by atoms with van der Waals surface area (Å²) in [6.07, 6.45) is 2.90. The van der Waals surface area contributed by atoms with Gasteiger partial charge in [-0.2, -0.15) is 5.10 Å². The number of amides is 1. The molecule has 0 saturated carbocycles. The Hall–Kier alpha value is -3.06. The molecule has 1 atom stereocenters. The van der Waals surface area contributed by atoms with Gasteiger partial charge in [0.15, 0.2) is 11.5 Å². The Kier molecular flexibility index (Phi) is 7.73. The summed E-state index contributed by atoms with van der Waals surface area (Å²) in [6, 6.07) is 13.6. The number of carbonyl (C=O) groups is 1. The van der Waals surface area contributed by atoms with Gasteiger partial charge in [-0.1, -0.05) is 19.1 Å². The topological polar surface area (TPSA) is 63.6 Å². The van der Waals surface area contributed by atoms with Crippen molar-refractivity contribution in [2.45, 2.75) is 39.2 Å². The molecule has 2 aliphatic rings. The van der Waals surface area contributed by atoms with Crippen LogP contribution in [0, 0.1) is 5.92 Å². The molecule has 0 aromatic heterocycles. The van der Waals surface area contributed by atoms with Gasteiger partial charge >= 0.3 is 0 Å². The molecule has 4 rings (SSSR count). The molecule has 1 amide bonds. The van der Waals surface area contributed by atoms with Gasteiger partial charge in [-0.05, 0) is 74.7 Å². The van der Waals surface area contributed by atoms with Crippen molar-refractivity contribution in [1.82, 2.24) is 9.91 Å². The molecule has 2 aromatic carbocycles. The fraction of sp³-hybridized carbons (Fsp3) is 0.481. The lowest BCUT2D eigenvalue weighted by molar-refractivity contribution is -0.134. The highest BCUT2D eigenvalue weighted by molar-refractivity contribution is 6.03. The minimum absolute atomic E-state index is 0.0314. The van der Waals surface area contributed by atoms with E-state index in [1.807, 2.05) is 49.4 Å². The van der Waals surface area contributed by atoms with E-state index in [1.165, 1.54) is 0 Å². The van der Waals surface area contributed by atoms with Gasteiger partial charge in [-0.15, -0.1) is 0 Å². The van der Waals surface area contributed by atoms with Crippen LogP contribution in [0.25, 0.3) is 0 Å². The quantitative estimate of drug-likeness (QED) is 0.574. The summed E-state index contributed by atoms with van der Waals surface area (Å²) in [7, 11) is 3.24. The van der Waals surface area contributed by atoms with E-state index in [4.69, 9.17) is 19.3 Å². The van der Waals surface area contributed by atoms with Gasteiger partial charge in [0.25, 0.3) is 5.91 Å². The molecule has 1 saturated heterocycles. The van der Waals surface area contributed by atoms with Crippen LogP contribution in [0.5, 0.6) is 17.2 Å². The maximum Gasteiger partial charge on any atom is 0.257 e. The molecular weight excluding hydrogens is 430 g/mol. The van der Waals surface area contributed by atoms with Crippen LogP contribution in [0.4, 0.5) is 0 Å². The Morgan fingerprint density at radius 1 is 1.03 bits per heavy atom. The van der Waals surface area contributed by atoms with E-state index in [0.29, 0.717) is 31.1 Å². The maximum atomic E-state index is 13.5. The van der Waals surface area contributed by atoms with Crippen molar-refractivity contribution >= 4 is 11.6 Å². The molecule has 2 heterocycles. The lowest BCUT2D eigenvalue weighted by atomic mass is 9.97. The summed E-state index contributed by atoms with van der Waals surface area (Å²) in [5.41, 5.74) is 2.83. The zero-order valence-electron chi connectivity index (χ0n) is 20.6. The number of ether oxygens (including phenoxy) is 3. The molecule has 34 heavy (non-hydrogen) atoms. The summed E-state index contributed by atoms with van der Waals surface area (Å²) in [5, 5.41) is 6.51. The number of likely N-dealkylation sites (tertiary alicyclic amines) is 1. The van der Waals surface area contributed by atoms with E-state index in [0.717, 1.165) is 54.4 Å². The number of hydrazone groups is 1. The van der Waals surface area contributed by atoms with Crippen LogP contribution in [0.1, 0.15) is 50.3 Å². The molecular formula is C27H35N3O4. The zero-order chi connectivity index (χ0) is 24.1.